The Morgan fingerprint density at radius 3 is 2.70 bits per heavy atom. The highest BCUT2D eigenvalue weighted by molar-refractivity contribution is 8.00. The van der Waals surface area contributed by atoms with Gasteiger partial charge in [0.05, 0.1) is 5.56 Å². The van der Waals surface area contributed by atoms with Crippen molar-refractivity contribution in [2.24, 2.45) is 0 Å². The van der Waals surface area contributed by atoms with E-state index in [0.29, 0.717) is 12.1 Å². The minimum absolute atomic E-state index is 0.160. The molecule has 0 aliphatic carbocycles. The molecule has 1 unspecified atom stereocenters. The number of hydrogen-bond donors (Lipinski definition) is 1. The molecule has 1 heterocycles. The van der Waals surface area contributed by atoms with Crippen LogP contribution in [0.15, 0.2) is 18.2 Å². The Morgan fingerprint density at radius 2 is 2.10 bits per heavy atom. The fraction of sp³-hybridized carbons (Fsp3) is 0.571. The van der Waals surface area contributed by atoms with Crippen molar-refractivity contribution in [3.05, 3.63) is 35.1 Å². The molecule has 0 amide bonds. The summed E-state index contributed by atoms with van der Waals surface area (Å²) in [7, 11) is 0. The van der Waals surface area contributed by atoms with Crippen molar-refractivity contribution < 1.29 is 17.6 Å². The van der Waals surface area contributed by atoms with Gasteiger partial charge < -0.3 is 5.32 Å². The van der Waals surface area contributed by atoms with E-state index < -0.39 is 17.6 Å². The zero-order valence-corrected chi connectivity index (χ0v) is 12.0. The van der Waals surface area contributed by atoms with E-state index >= 15 is 0 Å². The number of rotatable bonds is 4. The molecule has 0 bridgehead atoms. The summed E-state index contributed by atoms with van der Waals surface area (Å²) in [6.45, 7) is 3.22. The summed E-state index contributed by atoms with van der Waals surface area (Å²) >= 11 is 1.89. The highest BCUT2D eigenvalue weighted by Crippen LogP contribution is 2.37. The molecular formula is C14H17F4NS. The quantitative estimate of drug-likeness (QED) is 0.836. The third kappa shape index (κ3) is 3.88. The molecule has 0 spiro atoms. The SMILES string of the molecule is CC1(CNCc2ccc(F)c(C(F)(F)F)c2)CCCS1. The molecule has 2 rings (SSSR count). The van der Waals surface area contributed by atoms with Crippen LogP contribution in [0.25, 0.3) is 0 Å². The molecule has 1 aliphatic rings. The summed E-state index contributed by atoms with van der Waals surface area (Å²) in [5, 5.41) is 3.17. The van der Waals surface area contributed by atoms with Crippen LogP contribution in [0.4, 0.5) is 17.6 Å². The van der Waals surface area contributed by atoms with Crippen LogP contribution in [0.2, 0.25) is 0 Å². The van der Waals surface area contributed by atoms with E-state index in [4.69, 9.17) is 0 Å². The van der Waals surface area contributed by atoms with E-state index in [2.05, 4.69) is 12.2 Å². The fourth-order valence-electron chi connectivity index (χ4n) is 2.35. The molecule has 1 N–H and O–H groups in total. The molecule has 1 aromatic rings. The maximum absolute atomic E-state index is 13.2. The zero-order valence-electron chi connectivity index (χ0n) is 11.2. The monoisotopic (exact) mass is 307 g/mol. The van der Waals surface area contributed by atoms with Gasteiger partial charge in [-0.3, -0.25) is 0 Å². The number of thioether (sulfide) groups is 1. The van der Waals surface area contributed by atoms with Crippen molar-refractivity contribution in [2.45, 2.75) is 37.2 Å². The van der Waals surface area contributed by atoms with Crippen LogP contribution in [0.1, 0.15) is 30.9 Å². The third-order valence-corrected chi connectivity index (χ3v) is 5.00. The summed E-state index contributed by atoms with van der Waals surface area (Å²) in [6, 6.07) is 3.15. The Balaban J connectivity index is 1.96. The van der Waals surface area contributed by atoms with Crippen molar-refractivity contribution in [1.29, 1.82) is 0 Å². The highest BCUT2D eigenvalue weighted by Gasteiger charge is 2.34. The van der Waals surface area contributed by atoms with Crippen LogP contribution in [0.3, 0.4) is 0 Å². The summed E-state index contributed by atoms with van der Waals surface area (Å²) in [5.74, 6) is -0.0907. The summed E-state index contributed by atoms with van der Waals surface area (Å²) in [4.78, 5) is 0. The number of halogens is 4. The first-order valence-corrected chi connectivity index (χ1v) is 7.49. The molecule has 1 nitrogen and oxygen atoms in total. The second-order valence-corrected chi connectivity index (χ2v) is 7.00. The van der Waals surface area contributed by atoms with Crippen LogP contribution in [-0.2, 0) is 12.7 Å². The van der Waals surface area contributed by atoms with Crippen molar-refractivity contribution in [3.8, 4) is 0 Å². The molecule has 0 aromatic heterocycles. The lowest BCUT2D eigenvalue weighted by atomic mass is 10.1. The first kappa shape index (κ1) is 15.6. The topological polar surface area (TPSA) is 12.0 Å². The molecule has 112 valence electrons. The molecule has 20 heavy (non-hydrogen) atoms. The van der Waals surface area contributed by atoms with Crippen LogP contribution < -0.4 is 5.32 Å². The van der Waals surface area contributed by atoms with E-state index in [9.17, 15) is 17.6 Å². The normalized spacial score (nSPS) is 23.2. The van der Waals surface area contributed by atoms with Gasteiger partial charge in [-0.05, 0) is 43.2 Å². The first-order valence-electron chi connectivity index (χ1n) is 6.50. The molecule has 1 saturated heterocycles. The molecular weight excluding hydrogens is 290 g/mol. The van der Waals surface area contributed by atoms with E-state index in [-0.39, 0.29) is 4.75 Å². The van der Waals surface area contributed by atoms with E-state index in [1.165, 1.54) is 12.5 Å². The Morgan fingerprint density at radius 1 is 1.35 bits per heavy atom. The maximum Gasteiger partial charge on any atom is 0.419 e. The maximum atomic E-state index is 13.2. The van der Waals surface area contributed by atoms with Crippen LogP contribution >= 0.6 is 11.8 Å². The molecule has 0 saturated carbocycles. The van der Waals surface area contributed by atoms with Gasteiger partial charge in [0.2, 0.25) is 0 Å². The Labute approximate surface area is 120 Å². The smallest absolute Gasteiger partial charge is 0.311 e. The Kier molecular flexibility index (Phi) is 4.64. The summed E-state index contributed by atoms with van der Waals surface area (Å²) in [5.41, 5.74) is -0.747. The van der Waals surface area contributed by atoms with E-state index in [0.717, 1.165) is 30.9 Å². The largest absolute Gasteiger partial charge is 0.419 e. The molecule has 1 aliphatic heterocycles. The number of nitrogens with one attached hydrogen (secondary N) is 1. The molecule has 1 fully saturated rings. The van der Waals surface area contributed by atoms with Crippen molar-refractivity contribution >= 4 is 11.8 Å². The minimum atomic E-state index is -4.65. The molecule has 6 heteroatoms. The standard InChI is InChI=1S/C14H17F4NS/c1-13(5-2-6-20-13)9-19-8-10-3-4-12(15)11(7-10)14(16,17)18/h3-4,7,19H,2,5-6,8-9H2,1H3. The van der Waals surface area contributed by atoms with Crippen LogP contribution in [0, 0.1) is 5.82 Å². The number of hydrogen-bond acceptors (Lipinski definition) is 2. The second kappa shape index (κ2) is 5.93. The second-order valence-electron chi connectivity index (χ2n) is 5.32. The predicted octanol–water partition coefficient (Wildman–Crippen LogP) is 4.22. The lowest BCUT2D eigenvalue weighted by Gasteiger charge is -2.23. The van der Waals surface area contributed by atoms with Gasteiger partial charge in [0, 0.05) is 17.8 Å². The van der Waals surface area contributed by atoms with Crippen molar-refractivity contribution in [1.82, 2.24) is 5.32 Å². The van der Waals surface area contributed by atoms with E-state index in [1.807, 2.05) is 11.8 Å². The first-order chi connectivity index (χ1) is 9.30. The number of benzene rings is 1. The van der Waals surface area contributed by atoms with Gasteiger partial charge in [-0.1, -0.05) is 6.07 Å². The highest BCUT2D eigenvalue weighted by atomic mass is 32.2. The van der Waals surface area contributed by atoms with Gasteiger partial charge in [0.1, 0.15) is 5.82 Å². The predicted molar refractivity (Wildman–Crippen MR) is 73.2 cm³/mol. The van der Waals surface area contributed by atoms with E-state index in [1.54, 1.807) is 0 Å². The van der Waals surface area contributed by atoms with Gasteiger partial charge in [0.15, 0.2) is 0 Å². The van der Waals surface area contributed by atoms with Crippen molar-refractivity contribution in [3.63, 3.8) is 0 Å². The van der Waals surface area contributed by atoms with Gasteiger partial charge in [0.25, 0.3) is 0 Å². The lowest BCUT2D eigenvalue weighted by Crippen LogP contribution is -2.32. The van der Waals surface area contributed by atoms with Gasteiger partial charge in [-0.2, -0.15) is 24.9 Å². The van der Waals surface area contributed by atoms with Crippen LogP contribution in [0.5, 0.6) is 0 Å². The molecule has 1 aromatic carbocycles. The number of alkyl halides is 3. The summed E-state index contributed by atoms with van der Waals surface area (Å²) < 4.78 is 51.1. The average Bonchev–Trinajstić information content (AvgIpc) is 2.77. The van der Waals surface area contributed by atoms with Crippen molar-refractivity contribution in [2.75, 3.05) is 12.3 Å². The fourth-order valence-corrected chi connectivity index (χ4v) is 3.62. The van der Waals surface area contributed by atoms with Crippen LogP contribution in [-0.4, -0.2) is 17.0 Å². The minimum Gasteiger partial charge on any atom is -0.311 e. The molecule has 1 atom stereocenters. The Hall–Kier alpha value is -0.750. The third-order valence-electron chi connectivity index (χ3n) is 3.46. The summed E-state index contributed by atoms with van der Waals surface area (Å²) in [6.07, 6.45) is -2.35. The van der Waals surface area contributed by atoms with Gasteiger partial charge in [-0.25, -0.2) is 4.39 Å². The molecule has 0 radical (unpaired) electrons. The van der Waals surface area contributed by atoms with Gasteiger partial charge in [-0.15, -0.1) is 0 Å². The average molecular weight is 307 g/mol. The Bertz CT molecular complexity index is 467. The lowest BCUT2D eigenvalue weighted by molar-refractivity contribution is -0.140. The van der Waals surface area contributed by atoms with Gasteiger partial charge >= 0.3 is 6.18 Å². The zero-order chi connectivity index (χ0) is 14.8.